The Bertz CT molecular complexity index is 506. The summed E-state index contributed by atoms with van der Waals surface area (Å²) in [7, 11) is 0. The van der Waals surface area contributed by atoms with Crippen LogP contribution in [0, 0.1) is 5.92 Å². The molecule has 2 aliphatic rings. The largest absolute Gasteiger partial charge is 0.486 e. The van der Waals surface area contributed by atoms with E-state index in [1.165, 1.54) is 0 Å². The lowest BCUT2D eigenvalue weighted by Crippen LogP contribution is -2.40. The van der Waals surface area contributed by atoms with Gasteiger partial charge < -0.3 is 25.3 Å². The third kappa shape index (κ3) is 2.71. The third-order valence-electron chi connectivity index (χ3n) is 3.53. The van der Waals surface area contributed by atoms with Crippen LogP contribution in [0.25, 0.3) is 0 Å². The number of carbonyl (C=O) groups excluding carboxylic acids is 1. The lowest BCUT2D eigenvalue weighted by Gasteiger charge is -2.19. The molecule has 0 bridgehead atoms. The molecule has 1 amide bonds. The van der Waals surface area contributed by atoms with E-state index in [9.17, 15) is 4.79 Å². The van der Waals surface area contributed by atoms with E-state index in [4.69, 9.17) is 19.9 Å². The second-order valence-corrected chi connectivity index (χ2v) is 5.00. The van der Waals surface area contributed by atoms with Gasteiger partial charge in [0.1, 0.15) is 13.2 Å². The van der Waals surface area contributed by atoms with Gasteiger partial charge in [0, 0.05) is 12.6 Å². The molecule has 6 heteroatoms. The number of benzene rings is 1. The highest BCUT2D eigenvalue weighted by atomic mass is 16.6. The van der Waals surface area contributed by atoms with Crippen LogP contribution in [0.3, 0.4) is 0 Å². The number of nitrogens with two attached hydrogens (primary N) is 1. The Hall–Kier alpha value is -1.79. The zero-order valence-electron chi connectivity index (χ0n) is 11.1. The maximum Gasteiger partial charge on any atom is 0.227 e. The van der Waals surface area contributed by atoms with Crippen molar-refractivity contribution in [2.24, 2.45) is 11.7 Å². The molecule has 3 rings (SSSR count). The number of rotatable bonds is 3. The molecule has 0 aromatic heterocycles. The van der Waals surface area contributed by atoms with Crippen LogP contribution in [-0.2, 0) is 16.1 Å². The van der Waals surface area contributed by atoms with Crippen molar-refractivity contribution < 1.29 is 19.0 Å². The molecule has 0 aliphatic carbocycles. The number of hydrogen-bond donors (Lipinski definition) is 2. The fourth-order valence-electron chi connectivity index (χ4n) is 2.36. The summed E-state index contributed by atoms with van der Waals surface area (Å²) >= 11 is 0. The van der Waals surface area contributed by atoms with Gasteiger partial charge in [-0.1, -0.05) is 6.07 Å². The van der Waals surface area contributed by atoms with Crippen molar-refractivity contribution in [3.63, 3.8) is 0 Å². The Kier molecular flexibility index (Phi) is 3.75. The van der Waals surface area contributed by atoms with Gasteiger partial charge in [-0.05, 0) is 17.7 Å². The normalized spacial score (nSPS) is 24.4. The number of hydrogen-bond acceptors (Lipinski definition) is 5. The highest BCUT2D eigenvalue weighted by molar-refractivity contribution is 5.79. The molecule has 20 heavy (non-hydrogen) atoms. The topological polar surface area (TPSA) is 82.8 Å². The summed E-state index contributed by atoms with van der Waals surface area (Å²) in [5, 5.41) is 2.88. The van der Waals surface area contributed by atoms with Gasteiger partial charge in [0.05, 0.1) is 19.1 Å². The average molecular weight is 278 g/mol. The molecule has 2 aliphatic heterocycles. The molecule has 6 nitrogen and oxygen atoms in total. The van der Waals surface area contributed by atoms with Gasteiger partial charge in [-0.3, -0.25) is 4.79 Å². The minimum Gasteiger partial charge on any atom is -0.486 e. The van der Waals surface area contributed by atoms with E-state index in [2.05, 4.69) is 5.32 Å². The first-order valence-corrected chi connectivity index (χ1v) is 6.73. The molecule has 0 radical (unpaired) electrons. The van der Waals surface area contributed by atoms with Crippen LogP contribution < -0.4 is 20.5 Å². The minimum absolute atomic E-state index is 0.0649. The second-order valence-electron chi connectivity index (χ2n) is 5.00. The molecule has 2 atom stereocenters. The van der Waals surface area contributed by atoms with Crippen molar-refractivity contribution in [3.8, 4) is 11.5 Å². The van der Waals surface area contributed by atoms with Gasteiger partial charge in [-0.15, -0.1) is 0 Å². The number of fused-ring (bicyclic) bond motifs is 1. The SMILES string of the molecule is NC1COCC1C(=O)NCc1ccc2c(c1)OCCO2. The molecule has 1 saturated heterocycles. The van der Waals surface area contributed by atoms with Gasteiger partial charge in [-0.2, -0.15) is 0 Å². The van der Waals surface area contributed by atoms with E-state index in [0.29, 0.717) is 33.0 Å². The zero-order valence-corrected chi connectivity index (χ0v) is 11.1. The first-order chi connectivity index (χ1) is 9.74. The van der Waals surface area contributed by atoms with Crippen LogP contribution in [0.4, 0.5) is 0 Å². The summed E-state index contributed by atoms with van der Waals surface area (Å²) in [5.41, 5.74) is 6.79. The summed E-state index contributed by atoms with van der Waals surface area (Å²) in [5.74, 6) is 1.15. The highest BCUT2D eigenvalue weighted by Gasteiger charge is 2.31. The van der Waals surface area contributed by atoms with Crippen molar-refractivity contribution in [2.45, 2.75) is 12.6 Å². The van der Waals surface area contributed by atoms with Crippen LogP contribution >= 0.6 is 0 Å². The lowest BCUT2D eigenvalue weighted by molar-refractivity contribution is -0.125. The number of carbonyl (C=O) groups is 1. The van der Waals surface area contributed by atoms with Crippen LogP contribution in [0.2, 0.25) is 0 Å². The first kappa shape index (κ1) is 13.2. The predicted octanol–water partition coefficient (Wildman–Crippen LogP) is 0.0477. The Morgan fingerprint density at radius 1 is 1.25 bits per heavy atom. The maximum absolute atomic E-state index is 12.0. The second kappa shape index (κ2) is 5.68. The molecule has 2 unspecified atom stereocenters. The Labute approximate surface area is 117 Å². The zero-order chi connectivity index (χ0) is 13.9. The quantitative estimate of drug-likeness (QED) is 0.816. The summed E-state index contributed by atoms with van der Waals surface area (Å²) in [6, 6.07) is 5.45. The average Bonchev–Trinajstić information content (AvgIpc) is 2.91. The van der Waals surface area contributed by atoms with Crippen molar-refractivity contribution in [1.29, 1.82) is 0 Å². The molecule has 1 aromatic carbocycles. The number of nitrogens with one attached hydrogen (secondary N) is 1. The first-order valence-electron chi connectivity index (χ1n) is 6.73. The molecule has 2 heterocycles. The standard InChI is InChI=1S/C14H18N2O4/c15-11-8-18-7-10(11)14(17)16-6-9-1-2-12-13(5-9)20-4-3-19-12/h1-2,5,10-11H,3-4,6-8,15H2,(H,16,17). The van der Waals surface area contributed by atoms with Gasteiger partial charge in [0.15, 0.2) is 11.5 Å². The summed E-state index contributed by atoms with van der Waals surface area (Å²) in [4.78, 5) is 12.0. The van der Waals surface area contributed by atoms with Gasteiger partial charge in [0.2, 0.25) is 5.91 Å². The van der Waals surface area contributed by atoms with Crippen molar-refractivity contribution in [1.82, 2.24) is 5.32 Å². The third-order valence-corrected chi connectivity index (χ3v) is 3.53. The van der Waals surface area contributed by atoms with Gasteiger partial charge in [-0.25, -0.2) is 0 Å². The molecule has 1 aromatic rings. The Morgan fingerprint density at radius 2 is 2.05 bits per heavy atom. The molecular formula is C14H18N2O4. The van der Waals surface area contributed by atoms with E-state index in [1.807, 2.05) is 18.2 Å². The fourth-order valence-corrected chi connectivity index (χ4v) is 2.36. The predicted molar refractivity (Wildman–Crippen MR) is 71.6 cm³/mol. The smallest absolute Gasteiger partial charge is 0.227 e. The number of ether oxygens (including phenoxy) is 3. The van der Waals surface area contributed by atoms with Crippen molar-refractivity contribution in [2.75, 3.05) is 26.4 Å². The Morgan fingerprint density at radius 3 is 2.80 bits per heavy atom. The molecule has 3 N–H and O–H groups in total. The number of amides is 1. The maximum atomic E-state index is 12.0. The monoisotopic (exact) mass is 278 g/mol. The molecule has 0 saturated carbocycles. The van der Waals surface area contributed by atoms with Gasteiger partial charge >= 0.3 is 0 Å². The summed E-state index contributed by atoms with van der Waals surface area (Å²) < 4.78 is 16.2. The van der Waals surface area contributed by atoms with E-state index >= 15 is 0 Å². The van der Waals surface area contributed by atoms with E-state index in [1.54, 1.807) is 0 Å². The minimum atomic E-state index is -0.257. The van der Waals surface area contributed by atoms with E-state index in [-0.39, 0.29) is 17.9 Å². The van der Waals surface area contributed by atoms with Gasteiger partial charge in [0.25, 0.3) is 0 Å². The highest BCUT2D eigenvalue weighted by Crippen LogP contribution is 2.30. The Balaban J connectivity index is 1.59. The van der Waals surface area contributed by atoms with Crippen LogP contribution in [0.5, 0.6) is 11.5 Å². The lowest BCUT2D eigenvalue weighted by atomic mass is 10.0. The van der Waals surface area contributed by atoms with E-state index in [0.717, 1.165) is 17.1 Å². The fraction of sp³-hybridized carbons (Fsp3) is 0.500. The van der Waals surface area contributed by atoms with Crippen LogP contribution in [0.1, 0.15) is 5.56 Å². The summed E-state index contributed by atoms with van der Waals surface area (Å²) in [6.45, 7) is 2.41. The van der Waals surface area contributed by atoms with Crippen LogP contribution in [0.15, 0.2) is 18.2 Å². The molecular weight excluding hydrogens is 260 g/mol. The summed E-state index contributed by atoms with van der Waals surface area (Å²) in [6.07, 6.45) is 0. The van der Waals surface area contributed by atoms with Crippen LogP contribution in [-0.4, -0.2) is 38.4 Å². The molecule has 0 spiro atoms. The van der Waals surface area contributed by atoms with E-state index < -0.39 is 0 Å². The van der Waals surface area contributed by atoms with Crippen molar-refractivity contribution >= 4 is 5.91 Å². The molecule has 108 valence electrons. The molecule has 1 fully saturated rings. The van der Waals surface area contributed by atoms with Crippen molar-refractivity contribution in [3.05, 3.63) is 23.8 Å².